The third kappa shape index (κ3) is 4.63. The Morgan fingerprint density at radius 3 is 2.71 bits per heavy atom. The number of nitrogens with one attached hydrogen (secondary N) is 1. The van der Waals surface area contributed by atoms with Crippen LogP contribution in [0.25, 0.3) is 33.3 Å². The Kier molecular flexibility index (Phi) is 6.69. The Morgan fingerprint density at radius 2 is 2.03 bits per heavy atom. The SMILES string of the molecule is COc1cc2ncc(C#N)c(-c3c[nH]c(-c4ccc(N(Cc5cccnc5)C(C)=O)c(Cl)c4)c3)c2cc1N. The molecule has 188 valence electrons. The van der Waals surface area contributed by atoms with Crippen LogP contribution in [-0.2, 0) is 11.3 Å². The summed E-state index contributed by atoms with van der Waals surface area (Å²) in [5.41, 5.74) is 12.4. The second kappa shape index (κ2) is 10.2. The molecule has 0 unspecified atom stereocenters. The molecule has 0 bridgehead atoms. The highest BCUT2D eigenvalue weighted by Gasteiger charge is 2.18. The van der Waals surface area contributed by atoms with E-state index in [2.05, 4.69) is 21.0 Å². The van der Waals surface area contributed by atoms with Crippen LogP contribution in [0.2, 0.25) is 5.02 Å². The first-order valence-electron chi connectivity index (χ1n) is 11.7. The molecule has 5 rings (SSSR count). The molecule has 0 spiro atoms. The average molecular weight is 523 g/mol. The molecule has 0 atom stereocenters. The lowest BCUT2D eigenvalue weighted by molar-refractivity contribution is -0.116. The summed E-state index contributed by atoms with van der Waals surface area (Å²) in [4.78, 5) is 25.9. The third-order valence-corrected chi connectivity index (χ3v) is 6.61. The number of aromatic nitrogens is 3. The summed E-state index contributed by atoms with van der Waals surface area (Å²) >= 11 is 6.68. The van der Waals surface area contributed by atoms with Gasteiger partial charge in [0.15, 0.2) is 0 Å². The largest absolute Gasteiger partial charge is 0.495 e. The molecule has 0 aliphatic carbocycles. The van der Waals surface area contributed by atoms with Gasteiger partial charge in [0.2, 0.25) is 5.91 Å². The van der Waals surface area contributed by atoms with Gasteiger partial charge < -0.3 is 20.4 Å². The Morgan fingerprint density at radius 1 is 1.18 bits per heavy atom. The number of anilines is 2. The number of nitrogens with two attached hydrogens (primary N) is 1. The fourth-order valence-electron chi connectivity index (χ4n) is 4.45. The van der Waals surface area contributed by atoms with Gasteiger partial charge in [-0.05, 0) is 41.5 Å². The summed E-state index contributed by atoms with van der Waals surface area (Å²) in [7, 11) is 1.55. The first-order valence-corrected chi connectivity index (χ1v) is 12.1. The molecule has 3 N–H and O–H groups in total. The lowest BCUT2D eigenvalue weighted by Gasteiger charge is -2.22. The molecule has 5 aromatic rings. The number of ether oxygens (including phenoxy) is 1. The Hall–Kier alpha value is -4.87. The van der Waals surface area contributed by atoms with Crippen LogP contribution in [0.4, 0.5) is 11.4 Å². The van der Waals surface area contributed by atoms with Crippen LogP contribution in [0.5, 0.6) is 5.75 Å². The molecule has 38 heavy (non-hydrogen) atoms. The van der Waals surface area contributed by atoms with Gasteiger partial charge in [0.05, 0.1) is 41.1 Å². The molecule has 0 radical (unpaired) electrons. The van der Waals surface area contributed by atoms with Crippen LogP contribution >= 0.6 is 11.6 Å². The zero-order valence-corrected chi connectivity index (χ0v) is 21.5. The van der Waals surface area contributed by atoms with Crippen molar-refractivity contribution < 1.29 is 9.53 Å². The van der Waals surface area contributed by atoms with Crippen molar-refractivity contribution in [1.82, 2.24) is 15.0 Å². The number of benzene rings is 2. The van der Waals surface area contributed by atoms with Crippen LogP contribution in [0.3, 0.4) is 0 Å². The summed E-state index contributed by atoms with van der Waals surface area (Å²) < 4.78 is 5.33. The van der Waals surface area contributed by atoms with E-state index in [9.17, 15) is 10.1 Å². The topological polar surface area (TPSA) is 121 Å². The molecule has 3 heterocycles. The number of hydrogen-bond donors (Lipinski definition) is 2. The van der Waals surface area contributed by atoms with E-state index in [0.29, 0.717) is 39.8 Å². The van der Waals surface area contributed by atoms with Gasteiger partial charge in [-0.2, -0.15) is 5.26 Å². The molecule has 0 saturated carbocycles. The minimum Gasteiger partial charge on any atom is -0.495 e. The second-order valence-electron chi connectivity index (χ2n) is 8.70. The van der Waals surface area contributed by atoms with Crippen LogP contribution < -0.4 is 15.4 Å². The van der Waals surface area contributed by atoms with E-state index in [4.69, 9.17) is 22.1 Å². The monoisotopic (exact) mass is 522 g/mol. The number of nitriles is 1. The smallest absolute Gasteiger partial charge is 0.224 e. The molecule has 0 aliphatic rings. The van der Waals surface area contributed by atoms with Crippen LogP contribution in [-0.4, -0.2) is 28.0 Å². The number of carbonyl (C=O) groups is 1. The number of methoxy groups -OCH3 is 1. The number of halogens is 1. The maximum Gasteiger partial charge on any atom is 0.224 e. The van der Waals surface area contributed by atoms with Gasteiger partial charge in [-0.1, -0.05) is 23.7 Å². The molecule has 1 amide bonds. The average Bonchev–Trinajstić information content (AvgIpc) is 3.41. The number of fused-ring (bicyclic) bond motifs is 1. The predicted molar refractivity (Wildman–Crippen MR) is 149 cm³/mol. The van der Waals surface area contributed by atoms with Gasteiger partial charge in [0, 0.05) is 60.0 Å². The standard InChI is InChI=1S/C29H23ClN6O2/c1-17(37)36(16-18-4-3-7-33-13-18)27-6-5-19(8-23(27)30)25-9-20(14-34-25)29-21(12-31)15-35-26-11-28(38-2)24(32)10-22(26)29/h3-11,13-15,34H,16,32H2,1-2H3. The van der Waals surface area contributed by atoms with Gasteiger partial charge >= 0.3 is 0 Å². The van der Waals surface area contributed by atoms with Gasteiger partial charge in [0.25, 0.3) is 0 Å². The quantitative estimate of drug-likeness (QED) is 0.265. The van der Waals surface area contributed by atoms with Crippen molar-refractivity contribution in [3.05, 3.63) is 89.5 Å². The van der Waals surface area contributed by atoms with Gasteiger partial charge in [-0.15, -0.1) is 0 Å². The molecule has 0 fully saturated rings. The van der Waals surface area contributed by atoms with Gasteiger partial charge in [-0.3, -0.25) is 14.8 Å². The van der Waals surface area contributed by atoms with E-state index in [1.807, 2.05) is 42.6 Å². The van der Waals surface area contributed by atoms with Crippen molar-refractivity contribution >= 4 is 39.8 Å². The first-order chi connectivity index (χ1) is 18.4. The summed E-state index contributed by atoms with van der Waals surface area (Å²) in [6.07, 6.45) is 6.79. The number of pyridine rings is 2. The van der Waals surface area contributed by atoms with Crippen molar-refractivity contribution in [3.63, 3.8) is 0 Å². The molecule has 2 aromatic carbocycles. The number of aromatic amines is 1. The molecular formula is C29H23ClN6O2. The van der Waals surface area contributed by atoms with Crippen LogP contribution in [0, 0.1) is 11.3 Å². The van der Waals surface area contributed by atoms with Gasteiger partial charge in [-0.25, -0.2) is 0 Å². The highest BCUT2D eigenvalue weighted by Crippen LogP contribution is 2.38. The van der Waals surface area contributed by atoms with Crippen molar-refractivity contribution in [1.29, 1.82) is 5.26 Å². The molecular weight excluding hydrogens is 500 g/mol. The third-order valence-electron chi connectivity index (χ3n) is 6.30. The Bertz CT molecular complexity index is 1710. The molecule has 8 nitrogen and oxygen atoms in total. The number of nitrogens with zero attached hydrogens (tertiary/aromatic N) is 4. The van der Waals surface area contributed by atoms with Crippen molar-refractivity contribution in [2.45, 2.75) is 13.5 Å². The van der Waals surface area contributed by atoms with Crippen molar-refractivity contribution in [2.75, 3.05) is 17.7 Å². The summed E-state index contributed by atoms with van der Waals surface area (Å²) in [5, 5.41) is 11.0. The fourth-order valence-corrected chi connectivity index (χ4v) is 4.73. The second-order valence-corrected chi connectivity index (χ2v) is 9.11. The van der Waals surface area contributed by atoms with E-state index < -0.39 is 0 Å². The zero-order valence-electron chi connectivity index (χ0n) is 20.7. The minimum atomic E-state index is -0.129. The zero-order chi connectivity index (χ0) is 26.8. The summed E-state index contributed by atoms with van der Waals surface area (Å²) in [6, 6.07) is 17.0. The lowest BCUT2D eigenvalue weighted by Crippen LogP contribution is -2.28. The normalized spacial score (nSPS) is 10.8. The van der Waals surface area contributed by atoms with E-state index in [1.165, 1.54) is 6.92 Å². The van der Waals surface area contributed by atoms with E-state index >= 15 is 0 Å². The molecule has 0 aliphatic heterocycles. The Labute approximate surface area is 224 Å². The number of carbonyl (C=O) groups excluding carboxylic acids is 1. The number of amides is 1. The van der Waals surface area contributed by atoms with E-state index in [0.717, 1.165) is 33.3 Å². The lowest BCUT2D eigenvalue weighted by atomic mass is 9.97. The maximum absolute atomic E-state index is 12.4. The van der Waals surface area contributed by atoms with E-state index in [1.54, 1.807) is 42.7 Å². The van der Waals surface area contributed by atoms with Crippen LogP contribution in [0.1, 0.15) is 18.1 Å². The summed E-state index contributed by atoms with van der Waals surface area (Å²) in [6.45, 7) is 1.86. The highest BCUT2D eigenvalue weighted by atomic mass is 35.5. The number of nitrogen functional groups attached to an aromatic ring is 1. The van der Waals surface area contributed by atoms with E-state index in [-0.39, 0.29) is 5.91 Å². The number of H-pyrrole nitrogens is 1. The fraction of sp³-hybridized carbons (Fsp3) is 0.103. The number of hydrogen-bond acceptors (Lipinski definition) is 6. The van der Waals surface area contributed by atoms with Crippen LogP contribution in [0.15, 0.2) is 73.3 Å². The molecule has 9 heteroatoms. The minimum absolute atomic E-state index is 0.129. The predicted octanol–water partition coefficient (Wildman–Crippen LogP) is 5.96. The van der Waals surface area contributed by atoms with Crippen molar-refractivity contribution in [2.24, 2.45) is 0 Å². The molecule has 3 aromatic heterocycles. The highest BCUT2D eigenvalue weighted by molar-refractivity contribution is 6.34. The number of rotatable bonds is 6. The van der Waals surface area contributed by atoms with Gasteiger partial charge in [0.1, 0.15) is 11.8 Å². The maximum atomic E-state index is 12.4. The Balaban J connectivity index is 1.52. The van der Waals surface area contributed by atoms with Crippen molar-refractivity contribution in [3.8, 4) is 34.2 Å². The summed E-state index contributed by atoms with van der Waals surface area (Å²) in [5.74, 6) is 0.392. The molecule has 0 saturated heterocycles. The first kappa shape index (κ1) is 24.8.